The lowest BCUT2D eigenvalue weighted by Crippen LogP contribution is -2.52. The van der Waals surface area contributed by atoms with Crippen molar-refractivity contribution >= 4 is 11.8 Å². The minimum atomic E-state index is -1.31. The zero-order valence-electron chi connectivity index (χ0n) is 14.4. The first-order valence-corrected chi connectivity index (χ1v) is 8.68. The molecule has 0 radical (unpaired) electrons. The molecule has 26 heavy (non-hydrogen) atoms. The van der Waals surface area contributed by atoms with E-state index in [4.69, 9.17) is 0 Å². The SMILES string of the molecule is C=CCN1CC2(CCC1=O)CCN(C(=O)c1cc(F)c(F)cc1F)CC2. The number of rotatable bonds is 3. The first-order valence-electron chi connectivity index (χ1n) is 8.68. The largest absolute Gasteiger partial charge is 0.339 e. The lowest BCUT2D eigenvalue weighted by Gasteiger charge is -2.47. The van der Waals surface area contributed by atoms with Crippen molar-refractivity contribution in [2.75, 3.05) is 26.2 Å². The summed E-state index contributed by atoms with van der Waals surface area (Å²) in [5.74, 6) is -4.14. The van der Waals surface area contributed by atoms with Crippen LogP contribution < -0.4 is 0 Å². The fourth-order valence-corrected chi connectivity index (χ4v) is 3.87. The first-order chi connectivity index (χ1) is 12.3. The van der Waals surface area contributed by atoms with Gasteiger partial charge in [-0.15, -0.1) is 6.58 Å². The number of likely N-dealkylation sites (tertiary alicyclic amines) is 2. The van der Waals surface area contributed by atoms with E-state index in [-0.39, 0.29) is 11.3 Å². The molecule has 4 nitrogen and oxygen atoms in total. The van der Waals surface area contributed by atoms with Crippen LogP contribution in [-0.2, 0) is 4.79 Å². The van der Waals surface area contributed by atoms with Crippen molar-refractivity contribution in [2.24, 2.45) is 5.41 Å². The average molecular weight is 366 g/mol. The molecule has 7 heteroatoms. The molecule has 1 aromatic rings. The molecule has 0 atom stereocenters. The Morgan fingerprint density at radius 3 is 2.42 bits per heavy atom. The van der Waals surface area contributed by atoms with Crippen LogP contribution in [0, 0.1) is 22.9 Å². The molecule has 2 saturated heterocycles. The maximum atomic E-state index is 13.9. The van der Waals surface area contributed by atoms with Crippen molar-refractivity contribution in [2.45, 2.75) is 25.7 Å². The fourth-order valence-electron chi connectivity index (χ4n) is 3.87. The van der Waals surface area contributed by atoms with Crippen LogP contribution in [0.1, 0.15) is 36.0 Å². The number of nitrogens with zero attached hydrogens (tertiary/aromatic N) is 2. The van der Waals surface area contributed by atoms with Crippen LogP contribution in [0.25, 0.3) is 0 Å². The Bertz CT molecular complexity index is 743. The molecule has 0 aliphatic carbocycles. The van der Waals surface area contributed by atoms with E-state index >= 15 is 0 Å². The van der Waals surface area contributed by atoms with Crippen molar-refractivity contribution < 1.29 is 22.8 Å². The van der Waals surface area contributed by atoms with Crippen LogP contribution in [0.5, 0.6) is 0 Å². The molecule has 3 rings (SSSR count). The van der Waals surface area contributed by atoms with E-state index in [9.17, 15) is 22.8 Å². The number of halogens is 3. The highest BCUT2D eigenvalue weighted by Crippen LogP contribution is 2.40. The molecule has 0 aromatic heterocycles. The quantitative estimate of drug-likeness (QED) is 0.609. The van der Waals surface area contributed by atoms with Gasteiger partial charge in [0.05, 0.1) is 5.56 Å². The summed E-state index contributed by atoms with van der Waals surface area (Å²) in [7, 11) is 0. The molecular weight excluding hydrogens is 345 g/mol. The van der Waals surface area contributed by atoms with Gasteiger partial charge >= 0.3 is 0 Å². The Kier molecular flexibility index (Phi) is 5.07. The Balaban J connectivity index is 1.68. The maximum absolute atomic E-state index is 13.9. The second kappa shape index (κ2) is 7.13. The second-order valence-electron chi connectivity index (χ2n) is 7.10. The molecule has 0 saturated carbocycles. The zero-order valence-corrected chi connectivity index (χ0v) is 14.4. The number of carbonyl (C=O) groups is 2. The molecule has 2 heterocycles. The predicted octanol–water partition coefficient (Wildman–Crippen LogP) is 3.13. The molecule has 0 unspecified atom stereocenters. The molecule has 2 aliphatic rings. The van der Waals surface area contributed by atoms with E-state index in [1.165, 1.54) is 4.90 Å². The van der Waals surface area contributed by atoms with Crippen molar-refractivity contribution in [3.63, 3.8) is 0 Å². The maximum Gasteiger partial charge on any atom is 0.256 e. The molecule has 2 amide bonds. The number of amides is 2. The summed E-state index contributed by atoms with van der Waals surface area (Å²) < 4.78 is 40.3. The van der Waals surface area contributed by atoms with Crippen LogP contribution >= 0.6 is 0 Å². The summed E-state index contributed by atoms with van der Waals surface area (Å²) in [5, 5.41) is 0. The number of hydrogen-bond acceptors (Lipinski definition) is 2. The molecule has 2 fully saturated rings. The third-order valence-corrected chi connectivity index (χ3v) is 5.45. The van der Waals surface area contributed by atoms with Crippen molar-refractivity contribution in [1.29, 1.82) is 0 Å². The topological polar surface area (TPSA) is 40.6 Å². The molecule has 0 N–H and O–H groups in total. The van der Waals surface area contributed by atoms with Crippen molar-refractivity contribution in [1.82, 2.24) is 9.80 Å². The molecule has 140 valence electrons. The molecule has 1 spiro atoms. The van der Waals surface area contributed by atoms with E-state index in [0.29, 0.717) is 57.6 Å². The van der Waals surface area contributed by atoms with Gasteiger partial charge in [0, 0.05) is 38.7 Å². The van der Waals surface area contributed by atoms with Crippen LogP contribution in [-0.4, -0.2) is 47.8 Å². The summed E-state index contributed by atoms with van der Waals surface area (Å²) in [5.41, 5.74) is -0.507. The predicted molar refractivity (Wildman–Crippen MR) is 89.9 cm³/mol. The highest BCUT2D eigenvalue weighted by molar-refractivity contribution is 5.94. The Morgan fingerprint density at radius 1 is 1.12 bits per heavy atom. The van der Waals surface area contributed by atoms with Gasteiger partial charge in [-0.3, -0.25) is 9.59 Å². The molecule has 0 bridgehead atoms. The second-order valence-corrected chi connectivity index (χ2v) is 7.10. The van der Waals surface area contributed by atoms with Gasteiger partial charge in [0.2, 0.25) is 5.91 Å². The normalized spacial score (nSPS) is 19.7. The van der Waals surface area contributed by atoms with Gasteiger partial charge in [-0.2, -0.15) is 0 Å². The molecular formula is C19H21F3N2O2. The third kappa shape index (κ3) is 3.48. The Morgan fingerprint density at radius 2 is 1.77 bits per heavy atom. The summed E-state index contributed by atoms with van der Waals surface area (Å²) in [6.45, 7) is 5.59. The fraction of sp³-hybridized carbons (Fsp3) is 0.474. The Hall–Kier alpha value is -2.31. The average Bonchev–Trinajstić information content (AvgIpc) is 2.62. The lowest BCUT2D eigenvalue weighted by atomic mass is 9.72. The van der Waals surface area contributed by atoms with Crippen LogP contribution in [0.3, 0.4) is 0 Å². The Labute approximate surface area is 150 Å². The standard InChI is InChI=1S/C19H21F3N2O2/c1-2-7-24-12-19(4-3-17(24)25)5-8-23(9-6-19)18(26)13-10-15(21)16(22)11-14(13)20/h2,10-11H,1,3-9,12H2. The van der Waals surface area contributed by atoms with E-state index in [1.54, 1.807) is 11.0 Å². The van der Waals surface area contributed by atoms with Gasteiger partial charge in [0.25, 0.3) is 5.91 Å². The minimum absolute atomic E-state index is 0.0553. The summed E-state index contributed by atoms with van der Waals surface area (Å²) >= 11 is 0. The highest BCUT2D eigenvalue weighted by Gasteiger charge is 2.41. The van der Waals surface area contributed by atoms with Crippen LogP contribution in [0.4, 0.5) is 13.2 Å². The smallest absolute Gasteiger partial charge is 0.256 e. The highest BCUT2D eigenvalue weighted by atomic mass is 19.2. The first kappa shape index (κ1) is 18.5. The summed E-state index contributed by atoms with van der Waals surface area (Å²) in [6, 6.07) is 1.01. The number of hydrogen-bond donors (Lipinski definition) is 0. The van der Waals surface area contributed by atoms with Gasteiger partial charge in [-0.25, -0.2) is 13.2 Å². The van der Waals surface area contributed by atoms with Crippen molar-refractivity contribution in [3.05, 3.63) is 47.8 Å². The van der Waals surface area contributed by atoms with Crippen LogP contribution in [0.15, 0.2) is 24.8 Å². The van der Waals surface area contributed by atoms with Gasteiger partial charge in [-0.1, -0.05) is 6.08 Å². The van der Waals surface area contributed by atoms with E-state index in [0.717, 1.165) is 6.42 Å². The number of piperidine rings is 2. The lowest BCUT2D eigenvalue weighted by molar-refractivity contribution is -0.138. The van der Waals surface area contributed by atoms with Crippen molar-refractivity contribution in [3.8, 4) is 0 Å². The molecule has 1 aromatic carbocycles. The third-order valence-electron chi connectivity index (χ3n) is 5.45. The van der Waals surface area contributed by atoms with Crippen LogP contribution in [0.2, 0.25) is 0 Å². The number of carbonyl (C=O) groups excluding carboxylic acids is 2. The minimum Gasteiger partial charge on any atom is -0.339 e. The van der Waals surface area contributed by atoms with Gasteiger partial charge in [0.1, 0.15) is 5.82 Å². The van der Waals surface area contributed by atoms with E-state index < -0.39 is 28.9 Å². The van der Waals surface area contributed by atoms with Gasteiger partial charge in [0.15, 0.2) is 11.6 Å². The molecule has 2 aliphatic heterocycles. The number of benzene rings is 1. The van der Waals surface area contributed by atoms with E-state index in [2.05, 4.69) is 6.58 Å². The summed E-state index contributed by atoms with van der Waals surface area (Å²) in [4.78, 5) is 27.7. The monoisotopic (exact) mass is 366 g/mol. The van der Waals surface area contributed by atoms with Gasteiger partial charge < -0.3 is 9.80 Å². The van der Waals surface area contributed by atoms with Gasteiger partial charge in [-0.05, 0) is 30.7 Å². The summed E-state index contributed by atoms with van der Waals surface area (Å²) in [6.07, 6.45) is 4.30. The van der Waals surface area contributed by atoms with E-state index in [1.807, 2.05) is 0 Å². The zero-order chi connectivity index (χ0) is 18.9.